The van der Waals surface area contributed by atoms with Gasteiger partial charge >= 0.3 is 0 Å². The summed E-state index contributed by atoms with van der Waals surface area (Å²) >= 11 is 5.78. The van der Waals surface area contributed by atoms with E-state index in [1.54, 1.807) is 6.26 Å². The molecule has 1 saturated heterocycles. The van der Waals surface area contributed by atoms with Crippen LogP contribution in [-0.2, 0) is 6.54 Å². The molecule has 1 fully saturated rings. The number of aromatic nitrogens is 2. The van der Waals surface area contributed by atoms with Crippen LogP contribution in [0.25, 0.3) is 5.69 Å². The summed E-state index contributed by atoms with van der Waals surface area (Å²) in [5.74, 6) is 0.870. The van der Waals surface area contributed by atoms with Gasteiger partial charge in [-0.15, -0.1) is 0 Å². The van der Waals surface area contributed by atoms with Crippen molar-refractivity contribution in [3.8, 4) is 5.69 Å². The second-order valence-electron chi connectivity index (χ2n) is 8.05. The third kappa shape index (κ3) is 3.76. The average molecular weight is 444 g/mol. The standard InChI is InChI=1S/C25H25N5OS/c1-28(2)18-10-12-19(13-11-18)29-15-5-9-22(29)24-23(21-8-3-4-14-26-21)27-25(32)30(24)17-20-7-6-16-31-20/h3-16,23-24H,17H2,1-2H3,(H,27,32)/t23-,24-/m1/s1. The molecule has 5 rings (SSSR count). The fourth-order valence-electron chi connectivity index (χ4n) is 4.25. The van der Waals surface area contributed by atoms with E-state index in [0.29, 0.717) is 11.7 Å². The Kier molecular flexibility index (Phi) is 5.41. The summed E-state index contributed by atoms with van der Waals surface area (Å²) in [6.45, 7) is 0.581. The number of furan rings is 1. The molecular weight excluding hydrogens is 418 g/mol. The van der Waals surface area contributed by atoms with Gasteiger partial charge in [-0.3, -0.25) is 4.98 Å². The number of thiocarbonyl (C=S) groups is 1. The van der Waals surface area contributed by atoms with Crippen molar-refractivity contribution in [2.24, 2.45) is 0 Å². The zero-order valence-electron chi connectivity index (χ0n) is 18.1. The Balaban J connectivity index is 1.57. The molecule has 0 bridgehead atoms. The maximum absolute atomic E-state index is 5.78. The van der Waals surface area contributed by atoms with Crippen LogP contribution in [0.1, 0.15) is 29.2 Å². The van der Waals surface area contributed by atoms with Crippen molar-refractivity contribution in [1.29, 1.82) is 0 Å². The van der Waals surface area contributed by atoms with Gasteiger partial charge in [0.25, 0.3) is 0 Å². The second-order valence-corrected chi connectivity index (χ2v) is 8.43. The van der Waals surface area contributed by atoms with Crippen LogP contribution in [0.4, 0.5) is 5.69 Å². The van der Waals surface area contributed by atoms with Gasteiger partial charge in [-0.05, 0) is 72.9 Å². The third-order valence-electron chi connectivity index (χ3n) is 5.83. The quantitative estimate of drug-likeness (QED) is 0.436. The van der Waals surface area contributed by atoms with Crippen LogP contribution in [0.5, 0.6) is 0 Å². The highest BCUT2D eigenvalue weighted by atomic mass is 32.1. The predicted octanol–water partition coefficient (Wildman–Crippen LogP) is 4.70. The lowest BCUT2D eigenvalue weighted by atomic mass is 10.0. The van der Waals surface area contributed by atoms with Gasteiger partial charge in [-0.25, -0.2) is 0 Å². The second kappa shape index (κ2) is 8.51. The number of pyridine rings is 1. The Morgan fingerprint density at radius 2 is 1.88 bits per heavy atom. The summed E-state index contributed by atoms with van der Waals surface area (Å²) in [4.78, 5) is 8.92. The summed E-state index contributed by atoms with van der Waals surface area (Å²) in [7, 11) is 4.09. The molecule has 162 valence electrons. The molecule has 7 heteroatoms. The van der Waals surface area contributed by atoms with E-state index in [4.69, 9.17) is 16.6 Å². The maximum Gasteiger partial charge on any atom is 0.170 e. The minimum atomic E-state index is -0.0756. The number of hydrogen-bond acceptors (Lipinski definition) is 4. The van der Waals surface area contributed by atoms with E-state index in [0.717, 1.165) is 28.5 Å². The Hall–Kier alpha value is -3.58. The van der Waals surface area contributed by atoms with Crippen LogP contribution in [0.15, 0.2) is 89.8 Å². The number of anilines is 1. The molecule has 0 radical (unpaired) electrons. The molecular formula is C25H25N5OS. The van der Waals surface area contributed by atoms with Gasteiger partial charge in [0.1, 0.15) is 5.76 Å². The van der Waals surface area contributed by atoms with E-state index in [9.17, 15) is 0 Å². The van der Waals surface area contributed by atoms with Gasteiger partial charge in [-0.1, -0.05) is 6.07 Å². The molecule has 1 aliphatic heterocycles. The number of rotatable bonds is 6. The minimum Gasteiger partial charge on any atom is -0.467 e. The van der Waals surface area contributed by atoms with Gasteiger partial charge < -0.3 is 24.1 Å². The number of hydrogen-bond donors (Lipinski definition) is 1. The van der Waals surface area contributed by atoms with Crippen LogP contribution in [0.3, 0.4) is 0 Å². The molecule has 1 aliphatic rings. The smallest absolute Gasteiger partial charge is 0.170 e. The van der Waals surface area contributed by atoms with Crippen molar-refractivity contribution in [2.45, 2.75) is 18.6 Å². The predicted molar refractivity (Wildman–Crippen MR) is 130 cm³/mol. The molecule has 0 aliphatic carbocycles. The van der Waals surface area contributed by atoms with E-state index >= 15 is 0 Å². The Bertz CT molecular complexity index is 1180. The van der Waals surface area contributed by atoms with Gasteiger partial charge in [0.2, 0.25) is 0 Å². The fraction of sp³-hybridized carbons (Fsp3) is 0.200. The normalized spacial score (nSPS) is 18.1. The SMILES string of the molecule is CN(C)c1ccc(-n2cccc2[C@@H]2[C@@H](c3ccccn3)NC(=S)N2Cc2ccco2)cc1. The van der Waals surface area contributed by atoms with Crippen molar-refractivity contribution < 1.29 is 4.42 Å². The molecule has 1 aromatic carbocycles. The summed E-state index contributed by atoms with van der Waals surface area (Å²) < 4.78 is 7.87. The first-order chi connectivity index (χ1) is 15.6. The van der Waals surface area contributed by atoms with E-state index in [1.807, 2.05) is 50.6 Å². The van der Waals surface area contributed by atoms with Gasteiger partial charge in [-0.2, -0.15) is 0 Å². The highest BCUT2D eigenvalue weighted by Gasteiger charge is 2.41. The first kappa shape index (κ1) is 20.3. The average Bonchev–Trinajstić information content (AvgIpc) is 3.56. The van der Waals surface area contributed by atoms with Crippen molar-refractivity contribution in [2.75, 3.05) is 19.0 Å². The summed E-state index contributed by atoms with van der Waals surface area (Å²) in [5.41, 5.74) is 4.36. The maximum atomic E-state index is 5.78. The summed E-state index contributed by atoms with van der Waals surface area (Å²) in [6, 6.07) is 22.5. The zero-order chi connectivity index (χ0) is 22.1. The van der Waals surface area contributed by atoms with Gasteiger partial charge in [0.15, 0.2) is 5.11 Å². The zero-order valence-corrected chi connectivity index (χ0v) is 18.9. The topological polar surface area (TPSA) is 49.5 Å². The van der Waals surface area contributed by atoms with Crippen molar-refractivity contribution in [1.82, 2.24) is 19.8 Å². The lowest BCUT2D eigenvalue weighted by Crippen LogP contribution is -2.29. The Morgan fingerprint density at radius 3 is 2.56 bits per heavy atom. The van der Waals surface area contributed by atoms with E-state index in [-0.39, 0.29) is 12.1 Å². The van der Waals surface area contributed by atoms with Crippen LogP contribution in [-0.4, -0.2) is 33.7 Å². The summed E-state index contributed by atoms with van der Waals surface area (Å²) in [5, 5.41) is 4.20. The summed E-state index contributed by atoms with van der Waals surface area (Å²) in [6.07, 6.45) is 5.62. The van der Waals surface area contributed by atoms with Crippen LogP contribution in [0, 0.1) is 0 Å². The molecule has 1 N–H and O–H groups in total. The van der Waals surface area contributed by atoms with Crippen molar-refractivity contribution >= 4 is 23.0 Å². The van der Waals surface area contributed by atoms with Crippen LogP contribution < -0.4 is 10.2 Å². The number of nitrogens with zero attached hydrogens (tertiary/aromatic N) is 4. The highest BCUT2D eigenvalue weighted by Crippen LogP contribution is 2.40. The van der Waals surface area contributed by atoms with E-state index in [2.05, 4.69) is 67.3 Å². The van der Waals surface area contributed by atoms with Gasteiger partial charge in [0.05, 0.1) is 30.6 Å². The first-order valence-electron chi connectivity index (χ1n) is 10.6. The molecule has 0 spiro atoms. The number of benzene rings is 1. The largest absolute Gasteiger partial charge is 0.467 e. The van der Waals surface area contributed by atoms with Crippen LogP contribution in [0.2, 0.25) is 0 Å². The molecule has 3 aromatic heterocycles. The molecule has 32 heavy (non-hydrogen) atoms. The van der Waals surface area contributed by atoms with Crippen LogP contribution >= 0.6 is 12.2 Å². The highest BCUT2D eigenvalue weighted by molar-refractivity contribution is 7.80. The van der Waals surface area contributed by atoms with Crippen molar-refractivity contribution in [3.05, 3.63) is 103 Å². The lowest BCUT2D eigenvalue weighted by Gasteiger charge is -2.28. The fourth-order valence-corrected chi connectivity index (χ4v) is 4.55. The van der Waals surface area contributed by atoms with Crippen molar-refractivity contribution in [3.63, 3.8) is 0 Å². The Morgan fingerprint density at radius 1 is 1.03 bits per heavy atom. The molecule has 0 saturated carbocycles. The molecule has 2 atom stereocenters. The monoisotopic (exact) mass is 443 g/mol. The Labute approximate surface area is 193 Å². The molecule has 4 heterocycles. The minimum absolute atomic E-state index is 0.0500. The lowest BCUT2D eigenvalue weighted by molar-refractivity contribution is 0.280. The molecule has 6 nitrogen and oxygen atoms in total. The van der Waals surface area contributed by atoms with E-state index in [1.165, 1.54) is 0 Å². The first-order valence-corrected chi connectivity index (χ1v) is 11.0. The molecule has 4 aromatic rings. The molecule has 0 amide bonds. The van der Waals surface area contributed by atoms with Gasteiger partial charge in [0, 0.05) is 43.6 Å². The van der Waals surface area contributed by atoms with E-state index < -0.39 is 0 Å². The number of nitrogens with one attached hydrogen (secondary N) is 1. The third-order valence-corrected chi connectivity index (χ3v) is 6.18. The molecule has 0 unspecified atom stereocenters.